The zero-order valence-electron chi connectivity index (χ0n) is 18.8. The number of thioether (sulfide) groups is 1. The highest BCUT2D eigenvalue weighted by molar-refractivity contribution is 8.14. The van der Waals surface area contributed by atoms with E-state index in [9.17, 15) is 14.0 Å². The van der Waals surface area contributed by atoms with E-state index >= 15 is 0 Å². The summed E-state index contributed by atoms with van der Waals surface area (Å²) in [4.78, 5) is 30.0. The van der Waals surface area contributed by atoms with Crippen molar-refractivity contribution in [1.29, 1.82) is 0 Å². The number of benzene rings is 2. The Bertz CT molecular complexity index is 1060. The van der Waals surface area contributed by atoms with Crippen LogP contribution in [0.1, 0.15) is 31.2 Å². The molecule has 0 aromatic heterocycles. The van der Waals surface area contributed by atoms with Gasteiger partial charge in [-0.3, -0.25) is 15.0 Å². The Kier molecular flexibility index (Phi) is 6.71. The predicted molar refractivity (Wildman–Crippen MR) is 131 cm³/mol. The number of amides is 2. The van der Waals surface area contributed by atoms with Crippen LogP contribution in [-0.2, 0) is 16.0 Å². The molecule has 2 N–H and O–H groups in total. The lowest BCUT2D eigenvalue weighted by atomic mass is 9.81. The molecule has 3 atom stereocenters. The van der Waals surface area contributed by atoms with Crippen molar-refractivity contribution < 1.29 is 14.0 Å². The van der Waals surface area contributed by atoms with Crippen molar-refractivity contribution in [3.05, 3.63) is 66.0 Å². The van der Waals surface area contributed by atoms with Crippen molar-refractivity contribution in [2.45, 2.75) is 44.4 Å². The number of rotatable bonds is 6. The van der Waals surface area contributed by atoms with Gasteiger partial charge in [0.1, 0.15) is 5.82 Å². The van der Waals surface area contributed by atoms with E-state index in [0.717, 1.165) is 37.3 Å². The van der Waals surface area contributed by atoms with E-state index in [0.29, 0.717) is 12.2 Å². The van der Waals surface area contributed by atoms with Gasteiger partial charge in [0.05, 0.1) is 11.7 Å². The molecule has 3 unspecified atom stereocenters. The number of carbonyl (C=O) groups is 2. The molecule has 0 radical (unpaired) electrons. The van der Waals surface area contributed by atoms with Crippen LogP contribution in [0.2, 0.25) is 0 Å². The molecule has 5 rings (SSSR count). The van der Waals surface area contributed by atoms with Crippen LogP contribution < -0.4 is 10.7 Å². The highest BCUT2D eigenvalue weighted by atomic mass is 32.2. The lowest BCUT2D eigenvalue weighted by Gasteiger charge is -2.50. The number of hydrogen-bond donors (Lipinski definition) is 2. The number of nitrogens with one attached hydrogen (secondary N) is 2. The number of fused-ring (bicyclic) bond motifs is 3. The number of carbonyl (C=O) groups excluding carboxylic acids is 2. The van der Waals surface area contributed by atoms with Crippen LogP contribution >= 0.6 is 11.8 Å². The van der Waals surface area contributed by atoms with E-state index in [1.165, 1.54) is 41.6 Å². The summed E-state index contributed by atoms with van der Waals surface area (Å²) < 4.78 is 13.1. The minimum Gasteiger partial charge on any atom is -0.325 e. The van der Waals surface area contributed by atoms with Gasteiger partial charge in [-0.2, -0.15) is 5.10 Å². The van der Waals surface area contributed by atoms with Gasteiger partial charge < -0.3 is 15.1 Å². The molecule has 3 aliphatic rings. The van der Waals surface area contributed by atoms with Gasteiger partial charge in [0.2, 0.25) is 11.8 Å². The van der Waals surface area contributed by atoms with E-state index in [-0.39, 0.29) is 41.6 Å². The fraction of sp³-hybridized carbons (Fsp3) is 0.400. The maximum atomic E-state index is 13.4. The van der Waals surface area contributed by atoms with Crippen molar-refractivity contribution in [3.8, 4) is 0 Å². The van der Waals surface area contributed by atoms with Crippen LogP contribution in [0.3, 0.4) is 0 Å². The monoisotopic (exact) mass is 481 g/mol. The Balaban J connectivity index is 1.26. The summed E-state index contributed by atoms with van der Waals surface area (Å²) in [5, 5.41) is 8.07. The lowest BCUT2D eigenvalue weighted by Crippen LogP contribution is -2.67. The Morgan fingerprint density at radius 1 is 1.12 bits per heavy atom. The fourth-order valence-electron chi connectivity index (χ4n) is 5.04. The van der Waals surface area contributed by atoms with Gasteiger partial charge in [-0.05, 0) is 49.1 Å². The molecule has 1 saturated carbocycles. The van der Waals surface area contributed by atoms with Crippen LogP contribution in [0, 0.1) is 11.7 Å². The zero-order valence-corrected chi connectivity index (χ0v) is 19.6. The van der Waals surface area contributed by atoms with Crippen LogP contribution in [0.15, 0.2) is 59.7 Å². The van der Waals surface area contributed by atoms with Crippen molar-refractivity contribution in [2.24, 2.45) is 11.0 Å². The largest absolute Gasteiger partial charge is 0.325 e. The molecule has 1 saturated heterocycles. The predicted octanol–water partition coefficient (Wildman–Crippen LogP) is 3.60. The van der Waals surface area contributed by atoms with Crippen molar-refractivity contribution >= 4 is 34.4 Å². The van der Waals surface area contributed by atoms with Crippen LogP contribution in [0.4, 0.5) is 10.1 Å². The molecule has 1 aliphatic carbocycles. The molecule has 2 heterocycles. The number of nitrogens with zero attached hydrogens (tertiary/aromatic N) is 3. The number of anilines is 1. The summed E-state index contributed by atoms with van der Waals surface area (Å²) in [7, 11) is 0. The molecular weight excluding hydrogens is 453 g/mol. The number of hydrazone groups is 1. The zero-order chi connectivity index (χ0) is 23.5. The molecule has 178 valence electrons. The third-order valence-corrected chi connectivity index (χ3v) is 7.65. The van der Waals surface area contributed by atoms with Gasteiger partial charge in [0.15, 0.2) is 11.5 Å². The van der Waals surface area contributed by atoms with Crippen LogP contribution in [0.5, 0.6) is 0 Å². The molecule has 0 spiro atoms. The van der Waals surface area contributed by atoms with E-state index in [1.54, 1.807) is 0 Å². The van der Waals surface area contributed by atoms with Gasteiger partial charge in [-0.25, -0.2) is 4.39 Å². The first-order chi connectivity index (χ1) is 16.6. The number of amidine groups is 1. The lowest BCUT2D eigenvalue weighted by molar-refractivity contribution is -0.155. The third-order valence-electron chi connectivity index (χ3n) is 6.69. The second kappa shape index (κ2) is 10.0. The van der Waals surface area contributed by atoms with Crippen LogP contribution in [-0.4, -0.2) is 51.4 Å². The first kappa shape index (κ1) is 22.7. The van der Waals surface area contributed by atoms with Gasteiger partial charge in [0.25, 0.3) is 0 Å². The maximum absolute atomic E-state index is 13.4. The van der Waals surface area contributed by atoms with Crippen molar-refractivity contribution in [1.82, 2.24) is 15.2 Å². The Hall–Kier alpha value is -3.07. The third kappa shape index (κ3) is 4.75. The van der Waals surface area contributed by atoms with Gasteiger partial charge in [-0.1, -0.05) is 54.9 Å². The average Bonchev–Trinajstić information content (AvgIpc) is 3.29. The molecule has 2 fully saturated rings. The van der Waals surface area contributed by atoms with Gasteiger partial charge in [0, 0.05) is 18.3 Å². The molecular formula is C25H28FN5O2S. The molecule has 9 heteroatoms. The van der Waals surface area contributed by atoms with Crippen LogP contribution in [0.25, 0.3) is 0 Å². The molecule has 2 aromatic rings. The smallest absolute Gasteiger partial charge is 0.234 e. The molecule has 2 aliphatic heterocycles. The first-order valence-electron chi connectivity index (χ1n) is 11.7. The molecule has 34 heavy (non-hydrogen) atoms. The Morgan fingerprint density at radius 2 is 1.88 bits per heavy atom. The highest BCUT2D eigenvalue weighted by Gasteiger charge is 2.50. The van der Waals surface area contributed by atoms with E-state index in [1.807, 2.05) is 23.1 Å². The van der Waals surface area contributed by atoms with Gasteiger partial charge >= 0.3 is 0 Å². The van der Waals surface area contributed by atoms with E-state index in [2.05, 4.69) is 32.9 Å². The van der Waals surface area contributed by atoms with E-state index < -0.39 is 0 Å². The quantitative estimate of drug-likeness (QED) is 0.659. The summed E-state index contributed by atoms with van der Waals surface area (Å²) in [6.45, 7) is 0.610. The Morgan fingerprint density at radius 3 is 2.68 bits per heavy atom. The number of hydrogen-bond acceptors (Lipinski definition) is 6. The minimum atomic E-state index is -0.344. The topological polar surface area (TPSA) is 77.0 Å². The van der Waals surface area contributed by atoms with Crippen molar-refractivity contribution in [3.63, 3.8) is 0 Å². The normalized spacial score (nSPS) is 23.6. The second-order valence-corrected chi connectivity index (χ2v) is 9.82. The first-order valence-corrected chi connectivity index (χ1v) is 12.7. The maximum Gasteiger partial charge on any atom is 0.234 e. The molecule has 7 nitrogen and oxygen atoms in total. The summed E-state index contributed by atoms with van der Waals surface area (Å²) in [6.07, 6.45) is 4.44. The summed E-state index contributed by atoms with van der Waals surface area (Å²) >= 11 is 1.36. The summed E-state index contributed by atoms with van der Waals surface area (Å²) in [5.41, 5.74) is 4.91. The second-order valence-electron chi connectivity index (χ2n) is 8.87. The van der Waals surface area contributed by atoms with E-state index in [4.69, 9.17) is 0 Å². The highest BCUT2D eigenvalue weighted by Crippen LogP contribution is 2.38. The molecule has 2 amide bonds. The SMILES string of the molecule is O=C(CSC1=NNC2N(CCc3ccccc3)C(=O)C3CCCCC3N12)Nc1ccc(F)cc1. The van der Waals surface area contributed by atoms with Gasteiger partial charge in [-0.15, -0.1) is 0 Å². The average molecular weight is 482 g/mol. The number of halogens is 1. The standard InChI is InChI=1S/C25H28FN5O2S/c26-18-10-12-19(13-11-18)27-22(32)16-34-25-29-28-24-30(15-14-17-6-2-1-3-7-17)23(33)20-8-4-5-9-21(20)31(24)25/h1-3,6-7,10-13,20-21,24,28H,4-5,8-9,14-16H2,(H,27,32). The molecule has 0 bridgehead atoms. The fourth-order valence-corrected chi connectivity index (χ4v) is 5.87. The Labute approximate surface area is 202 Å². The van der Waals surface area contributed by atoms with Crippen molar-refractivity contribution in [2.75, 3.05) is 17.6 Å². The summed E-state index contributed by atoms with van der Waals surface area (Å²) in [6, 6.07) is 16.0. The molecule has 2 aromatic carbocycles. The minimum absolute atomic E-state index is 0.0421. The summed E-state index contributed by atoms with van der Waals surface area (Å²) in [5.74, 6) is -0.194.